The summed E-state index contributed by atoms with van der Waals surface area (Å²) in [6.07, 6.45) is -31.0. The molecule has 6 aliphatic rings. The smallest absolute Gasteiger partial charge is 0.246 e. The van der Waals surface area contributed by atoms with Gasteiger partial charge in [0.05, 0.1) is 64.8 Å². The molecule has 5 unspecified atom stereocenters. The van der Waals surface area contributed by atoms with Gasteiger partial charge in [0.1, 0.15) is 134 Å². The second kappa shape index (κ2) is 36.1. The van der Waals surface area contributed by atoms with Crippen molar-refractivity contribution in [1.29, 1.82) is 0 Å². The topological polar surface area (TPSA) is 594 Å². The summed E-state index contributed by atoms with van der Waals surface area (Å²) in [6.45, 7) is -3.77. The van der Waals surface area contributed by atoms with Crippen LogP contribution in [0, 0.1) is 0 Å². The van der Waals surface area contributed by atoms with Crippen LogP contribution in [0.1, 0.15) is 35.1 Å². The van der Waals surface area contributed by atoms with Gasteiger partial charge < -0.3 is 153 Å². The number of ether oxygens (including phenoxy) is 7. The maximum Gasteiger partial charge on any atom is 0.246 e. The summed E-state index contributed by atoms with van der Waals surface area (Å²) in [5.74, 6) is -8.44. The quantitative estimate of drug-likeness (QED) is 0.0328. The molecule has 0 aliphatic carbocycles. The van der Waals surface area contributed by atoms with Gasteiger partial charge in [-0.1, -0.05) is 91.9 Å². The van der Waals surface area contributed by atoms with Gasteiger partial charge in [0.15, 0.2) is 24.4 Å². The molecule has 6 heterocycles. The van der Waals surface area contributed by atoms with Crippen LogP contribution in [-0.4, -0.2) is 311 Å². The predicted octanol–water partition coefficient (Wildman–Crippen LogP) is -9.81. The Morgan fingerprint density at radius 1 is 0.519 bits per heavy atom. The van der Waals surface area contributed by atoms with E-state index in [1.165, 1.54) is 24.3 Å². The van der Waals surface area contributed by atoms with Crippen molar-refractivity contribution >= 4 is 47.4 Å². The van der Waals surface area contributed by atoms with E-state index >= 15 is 9.59 Å². The number of carbonyl (C=O) groups excluding carboxylic acids is 6. The number of carbonyl (C=O) groups is 6. The monoisotopic (exact) mass is 1490 g/mol. The fourth-order valence-corrected chi connectivity index (χ4v) is 13.0. The SMILES string of the molecule is CC(c1ccccc1)[C@@H]1NC(=O)CNC(=O)[C@H](CO)NC(=O)[C@@H](C(O)C2CN=C(N)N2[C@H]2O[C@H](CO)[C@@H](O)[C@H](O)[C@@H]2O)NC(=O)[C@H](C(O)C2CN=C(N)N2)NC(=O)[C@@H](Cc2ccc(O[C@H]3O[C@H](CO)[C@@H](O[C@H]4O[C@H](CO)[C@@H](O)[C@H](OCc5ccc(OCc6ccccc6)cc5)[C@@H]4O)[C@H](O)[C@@H]3O)cc2)NC1=O. The number of rotatable bonds is 23. The van der Waals surface area contributed by atoms with E-state index in [0.29, 0.717) is 23.5 Å². The van der Waals surface area contributed by atoms with Gasteiger partial charge in [-0.05, 0) is 46.5 Å². The molecule has 4 aromatic carbocycles. The number of aliphatic hydroxyl groups is 13. The van der Waals surface area contributed by atoms with Gasteiger partial charge in [0.2, 0.25) is 41.7 Å². The van der Waals surface area contributed by atoms with Crippen LogP contribution >= 0.6 is 0 Å². The fraction of sp³-hybridized carbons (Fsp3) is 0.529. The molecule has 0 aromatic heterocycles. The molecule has 6 aliphatic heterocycles. The minimum absolute atomic E-state index is 0.0689. The number of hydrogen-bond donors (Lipinski definition) is 22. The van der Waals surface area contributed by atoms with Crippen LogP contribution in [0.5, 0.6) is 11.5 Å². The Balaban J connectivity index is 0.886. The Labute approximate surface area is 605 Å². The number of aliphatic hydroxyl groups excluding tert-OH is 13. The molecular formula is C68H90N12O26. The highest BCUT2D eigenvalue weighted by atomic mass is 16.7. The lowest BCUT2D eigenvalue weighted by molar-refractivity contribution is -0.355. The molecule has 0 spiro atoms. The number of guanidine groups is 2. The maximum absolute atomic E-state index is 15.2. The van der Waals surface area contributed by atoms with E-state index < -0.39 is 240 Å². The number of hydrogen-bond acceptors (Lipinski definition) is 32. The third-order valence-electron chi connectivity index (χ3n) is 19.1. The zero-order valence-corrected chi connectivity index (χ0v) is 57.0. The van der Waals surface area contributed by atoms with E-state index in [9.17, 15) is 85.6 Å². The average Bonchev–Trinajstić information content (AvgIpc) is 1.24. The largest absolute Gasteiger partial charge is 0.489 e. The molecule has 38 heteroatoms. The first kappa shape index (κ1) is 79.7. The highest BCUT2D eigenvalue weighted by Gasteiger charge is 2.55. The predicted molar refractivity (Wildman–Crippen MR) is 363 cm³/mol. The summed E-state index contributed by atoms with van der Waals surface area (Å²) in [4.78, 5) is 96.7. The Kier molecular flexibility index (Phi) is 27.2. The minimum atomic E-state index is -2.35. The van der Waals surface area contributed by atoms with Gasteiger partial charge in [-0.3, -0.25) is 38.8 Å². The molecule has 0 radical (unpaired) electrons. The highest BCUT2D eigenvalue weighted by Crippen LogP contribution is 2.34. The summed E-state index contributed by atoms with van der Waals surface area (Å²) in [5, 5.41) is 161. The molecule has 6 amide bonds. The first-order valence-corrected chi connectivity index (χ1v) is 34.1. The van der Waals surface area contributed by atoms with E-state index in [-0.39, 0.29) is 30.4 Å². The second-order valence-corrected chi connectivity index (χ2v) is 26.3. The van der Waals surface area contributed by atoms with Gasteiger partial charge >= 0.3 is 0 Å². The van der Waals surface area contributed by atoms with Crippen molar-refractivity contribution in [3.8, 4) is 11.5 Å². The average molecular weight is 1490 g/mol. The molecule has 0 saturated carbocycles. The summed E-state index contributed by atoms with van der Waals surface area (Å²) in [7, 11) is 0. The Morgan fingerprint density at radius 2 is 1.10 bits per heavy atom. The zero-order valence-electron chi connectivity index (χ0n) is 57.0. The molecule has 0 bridgehead atoms. The van der Waals surface area contributed by atoms with Crippen LogP contribution in [-0.2, 0) is 72.1 Å². The Hall–Kier alpha value is -8.88. The molecule has 4 saturated heterocycles. The maximum atomic E-state index is 15.2. The van der Waals surface area contributed by atoms with Crippen molar-refractivity contribution in [3.63, 3.8) is 0 Å². The van der Waals surface area contributed by atoms with E-state index in [1.54, 1.807) is 61.5 Å². The molecule has 4 aromatic rings. The van der Waals surface area contributed by atoms with Crippen LogP contribution in [0.2, 0.25) is 0 Å². The molecule has 25 atom stereocenters. The number of amides is 6. The van der Waals surface area contributed by atoms with Gasteiger partial charge in [0, 0.05) is 12.3 Å². The highest BCUT2D eigenvalue weighted by molar-refractivity contribution is 5.98. The third kappa shape index (κ3) is 18.7. The van der Waals surface area contributed by atoms with Crippen molar-refractivity contribution in [2.45, 2.75) is 179 Å². The van der Waals surface area contributed by atoms with Gasteiger partial charge in [0.25, 0.3) is 0 Å². The molecular weight excluding hydrogens is 1400 g/mol. The van der Waals surface area contributed by atoms with E-state index in [4.69, 9.17) is 44.6 Å². The number of nitrogens with zero attached hydrogens (tertiary/aromatic N) is 3. The Morgan fingerprint density at radius 3 is 1.75 bits per heavy atom. The van der Waals surface area contributed by atoms with Gasteiger partial charge in [-0.25, -0.2) is 0 Å². The van der Waals surface area contributed by atoms with Crippen molar-refractivity contribution in [2.75, 3.05) is 46.1 Å². The van der Waals surface area contributed by atoms with E-state index in [0.717, 1.165) is 10.5 Å². The van der Waals surface area contributed by atoms with Gasteiger partial charge in [-0.2, -0.15) is 0 Å². The molecule has 4 fully saturated rings. The van der Waals surface area contributed by atoms with Crippen LogP contribution in [0.15, 0.2) is 119 Å². The number of aliphatic imine (C=N–C) groups is 2. The molecule has 578 valence electrons. The standard InChI is InChI=1S/C68H90N12O26/c1-30(34-10-6-3-7-11-34)45-61(97)74-37(20-31-12-18-36(19-13-31)102-65-55(93)53(91)57(43(27-84)105-65)106-66-56(94)58(51(89)42(26-83)104-66)101-29-33-14-16-35(17-15-33)100-28-32-8-4-2-5-9-32)60(96)78-46(48(86)38-21-72-67(69)76-38)63(99)79-47(62(98)75-39(24-81)59(95)71-23-44(85)77-45)49(87)40-22-73-68(70)80(40)64-54(92)52(90)50(88)41(25-82)103-64/h2-19,30,37-43,45-58,64-66,81-84,86-94H,20-29H2,1H3,(H2,70,73)(H,71,95)(H,74,97)(H,75,98)(H,77,85)(H,78,96)(H,79,99)(H3,69,72,76)/t30?,37-,38?,39+,40?,41-,42-,43-,45+,46+,47-,48?,49?,50-,51-,52+,53-,54+,55+,56+,57-,58+,64+,65+,66-/m1/s1. The molecule has 24 N–H and O–H groups in total. The minimum Gasteiger partial charge on any atom is -0.489 e. The van der Waals surface area contributed by atoms with E-state index in [1.807, 2.05) is 30.3 Å². The lowest BCUT2D eigenvalue weighted by atomic mass is 9.92. The van der Waals surface area contributed by atoms with Gasteiger partial charge in [-0.15, -0.1) is 0 Å². The summed E-state index contributed by atoms with van der Waals surface area (Å²) in [5.41, 5.74) is 14.5. The third-order valence-corrected chi connectivity index (χ3v) is 19.1. The van der Waals surface area contributed by atoms with Crippen molar-refractivity contribution in [2.24, 2.45) is 21.5 Å². The first-order chi connectivity index (χ1) is 50.8. The fourth-order valence-electron chi connectivity index (χ4n) is 13.0. The lowest BCUT2D eigenvalue weighted by Gasteiger charge is -2.46. The van der Waals surface area contributed by atoms with Crippen LogP contribution in [0.3, 0.4) is 0 Å². The lowest BCUT2D eigenvalue weighted by Crippen LogP contribution is -2.70. The van der Waals surface area contributed by atoms with Crippen LogP contribution in [0.4, 0.5) is 0 Å². The van der Waals surface area contributed by atoms with E-state index in [2.05, 4.69) is 47.2 Å². The molecule has 10 rings (SSSR count). The number of nitrogens with two attached hydrogens (primary N) is 2. The first-order valence-electron chi connectivity index (χ1n) is 34.1. The summed E-state index contributed by atoms with van der Waals surface area (Å²) < 4.78 is 41.1. The molecule has 38 nitrogen and oxygen atoms in total. The summed E-state index contributed by atoms with van der Waals surface area (Å²) >= 11 is 0. The normalized spacial score (nSPS) is 33.8. The van der Waals surface area contributed by atoms with Crippen LogP contribution in [0.25, 0.3) is 0 Å². The zero-order chi connectivity index (χ0) is 76.2. The number of benzene rings is 4. The summed E-state index contributed by atoms with van der Waals surface area (Å²) in [6, 6.07) is 17.2. The molecule has 106 heavy (non-hydrogen) atoms. The van der Waals surface area contributed by atoms with Crippen molar-refractivity contribution in [1.82, 2.24) is 42.1 Å². The second-order valence-electron chi connectivity index (χ2n) is 26.3. The number of nitrogens with one attached hydrogen (secondary N) is 7. The van der Waals surface area contributed by atoms with Crippen LogP contribution < -0.4 is 58.2 Å². The van der Waals surface area contributed by atoms with Crippen molar-refractivity contribution in [3.05, 3.63) is 131 Å². The van der Waals surface area contributed by atoms with Crippen molar-refractivity contribution < 1.29 is 128 Å². The Bertz CT molecular complexity index is 3670.